The maximum Gasteiger partial charge on any atom is 0.407 e. The number of hydrogen-bond acceptors (Lipinski definition) is 3. The summed E-state index contributed by atoms with van der Waals surface area (Å²) in [6.07, 6.45) is -0.335. The van der Waals surface area contributed by atoms with Gasteiger partial charge in [0.25, 0.3) is 0 Å². The van der Waals surface area contributed by atoms with Crippen molar-refractivity contribution in [3.8, 4) is 0 Å². The van der Waals surface area contributed by atoms with E-state index in [4.69, 9.17) is 4.74 Å². The number of rotatable bonds is 4. The van der Waals surface area contributed by atoms with Crippen LogP contribution in [0.2, 0.25) is 0 Å². The molecule has 2 rings (SSSR count). The van der Waals surface area contributed by atoms with Crippen LogP contribution >= 0.6 is 12.4 Å². The summed E-state index contributed by atoms with van der Waals surface area (Å²) in [6, 6.07) is 9.69. The highest BCUT2D eigenvalue weighted by Crippen LogP contribution is 2.14. The summed E-state index contributed by atoms with van der Waals surface area (Å²) < 4.78 is 5.15. The van der Waals surface area contributed by atoms with Crippen LogP contribution in [0.3, 0.4) is 0 Å². The van der Waals surface area contributed by atoms with Gasteiger partial charge < -0.3 is 15.4 Å². The third kappa shape index (κ3) is 5.09. The third-order valence-electron chi connectivity index (χ3n) is 3.40. The first-order valence-electron chi connectivity index (χ1n) is 6.41. The summed E-state index contributed by atoms with van der Waals surface area (Å²) in [5, 5.41) is 6.14. The zero-order valence-corrected chi connectivity index (χ0v) is 11.9. The third-order valence-corrected chi connectivity index (χ3v) is 3.40. The Bertz CT molecular complexity index is 386. The van der Waals surface area contributed by atoms with Gasteiger partial charge in [-0.05, 0) is 30.5 Å². The first-order valence-corrected chi connectivity index (χ1v) is 6.41. The first kappa shape index (κ1) is 15.8. The van der Waals surface area contributed by atoms with Gasteiger partial charge in [0.2, 0.25) is 0 Å². The SMILES string of the molecule is C[C@@H]1CNC[C@@H]1CNC(=O)OCc1ccccc1.Cl. The van der Waals surface area contributed by atoms with E-state index in [0.717, 1.165) is 18.7 Å². The van der Waals surface area contributed by atoms with Crippen molar-refractivity contribution in [2.24, 2.45) is 11.8 Å². The minimum atomic E-state index is -0.335. The van der Waals surface area contributed by atoms with E-state index in [-0.39, 0.29) is 18.5 Å². The predicted molar refractivity (Wildman–Crippen MR) is 77.4 cm³/mol. The molecule has 1 saturated heterocycles. The van der Waals surface area contributed by atoms with Crippen molar-refractivity contribution >= 4 is 18.5 Å². The van der Waals surface area contributed by atoms with Gasteiger partial charge in [-0.1, -0.05) is 37.3 Å². The summed E-state index contributed by atoms with van der Waals surface area (Å²) >= 11 is 0. The molecule has 2 atom stereocenters. The van der Waals surface area contributed by atoms with E-state index in [0.29, 0.717) is 25.0 Å². The van der Waals surface area contributed by atoms with E-state index in [1.54, 1.807) is 0 Å². The lowest BCUT2D eigenvalue weighted by atomic mass is 9.98. The van der Waals surface area contributed by atoms with Crippen LogP contribution in [0.1, 0.15) is 12.5 Å². The van der Waals surface area contributed by atoms with Gasteiger partial charge in [0.05, 0.1) is 0 Å². The van der Waals surface area contributed by atoms with E-state index in [1.165, 1.54) is 0 Å². The lowest BCUT2D eigenvalue weighted by Crippen LogP contribution is -2.32. The zero-order chi connectivity index (χ0) is 12.8. The molecule has 1 aliphatic heterocycles. The fraction of sp³-hybridized carbons (Fsp3) is 0.500. The summed E-state index contributed by atoms with van der Waals surface area (Å²) in [6.45, 7) is 5.21. The second kappa shape index (κ2) is 8.02. The number of hydrogen-bond donors (Lipinski definition) is 2. The fourth-order valence-electron chi connectivity index (χ4n) is 2.13. The van der Waals surface area contributed by atoms with Crippen molar-refractivity contribution in [1.82, 2.24) is 10.6 Å². The molecule has 0 unspecified atom stereocenters. The Morgan fingerprint density at radius 3 is 2.74 bits per heavy atom. The Hall–Kier alpha value is -1.26. The zero-order valence-electron chi connectivity index (χ0n) is 11.1. The molecule has 1 heterocycles. The smallest absolute Gasteiger partial charge is 0.407 e. The molecule has 1 fully saturated rings. The van der Waals surface area contributed by atoms with Gasteiger partial charge in [-0.15, -0.1) is 12.4 Å². The summed E-state index contributed by atoms with van der Waals surface area (Å²) in [7, 11) is 0. The normalized spacial score (nSPS) is 21.5. The van der Waals surface area contributed by atoms with Crippen LogP contribution in [0.5, 0.6) is 0 Å². The number of amides is 1. The van der Waals surface area contributed by atoms with E-state index in [2.05, 4.69) is 17.6 Å². The number of carbonyl (C=O) groups excluding carboxylic acids is 1. The number of alkyl carbamates (subject to hydrolysis) is 1. The second-order valence-electron chi connectivity index (χ2n) is 4.84. The van der Waals surface area contributed by atoms with Crippen molar-refractivity contribution < 1.29 is 9.53 Å². The Kier molecular flexibility index (Phi) is 6.67. The molecule has 0 bridgehead atoms. The van der Waals surface area contributed by atoms with Crippen LogP contribution in [-0.2, 0) is 11.3 Å². The average molecular weight is 285 g/mol. The topological polar surface area (TPSA) is 50.4 Å². The van der Waals surface area contributed by atoms with Crippen molar-refractivity contribution in [2.75, 3.05) is 19.6 Å². The molecule has 0 aliphatic carbocycles. The average Bonchev–Trinajstić information content (AvgIpc) is 2.81. The van der Waals surface area contributed by atoms with Crippen LogP contribution in [0, 0.1) is 11.8 Å². The minimum Gasteiger partial charge on any atom is -0.445 e. The summed E-state index contributed by atoms with van der Waals surface area (Å²) in [4.78, 5) is 11.5. The van der Waals surface area contributed by atoms with Gasteiger partial charge in [-0.2, -0.15) is 0 Å². The molecule has 0 spiro atoms. The van der Waals surface area contributed by atoms with E-state index in [9.17, 15) is 4.79 Å². The molecule has 19 heavy (non-hydrogen) atoms. The number of benzene rings is 1. The minimum absolute atomic E-state index is 0. The van der Waals surface area contributed by atoms with Gasteiger partial charge in [-0.25, -0.2) is 4.79 Å². The maximum absolute atomic E-state index is 11.5. The van der Waals surface area contributed by atoms with Gasteiger partial charge in [-0.3, -0.25) is 0 Å². The maximum atomic E-state index is 11.5. The van der Waals surface area contributed by atoms with Crippen molar-refractivity contribution in [1.29, 1.82) is 0 Å². The Labute approximate surface area is 120 Å². The number of carbonyl (C=O) groups is 1. The van der Waals surface area contributed by atoms with Gasteiger partial charge in [0.1, 0.15) is 6.61 Å². The first-order chi connectivity index (χ1) is 8.75. The van der Waals surface area contributed by atoms with Crippen LogP contribution in [-0.4, -0.2) is 25.7 Å². The van der Waals surface area contributed by atoms with Gasteiger partial charge in [0.15, 0.2) is 0 Å². The number of halogens is 1. The molecule has 1 aromatic carbocycles. The molecular weight excluding hydrogens is 264 g/mol. The molecule has 1 amide bonds. The molecule has 0 radical (unpaired) electrons. The van der Waals surface area contributed by atoms with Crippen molar-refractivity contribution in [3.63, 3.8) is 0 Å². The fourth-order valence-corrected chi connectivity index (χ4v) is 2.13. The van der Waals surface area contributed by atoms with Crippen molar-refractivity contribution in [3.05, 3.63) is 35.9 Å². The van der Waals surface area contributed by atoms with E-state index in [1.807, 2.05) is 30.3 Å². The van der Waals surface area contributed by atoms with Crippen LogP contribution in [0.15, 0.2) is 30.3 Å². The van der Waals surface area contributed by atoms with Gasteiger partial charge >= 0.3 is 6.09 Å². The molecule has 1 aliphatic rings. The highest BCUT2D eigenvalue weighted by atomic mass is 35.5. The lowest BCUT2D eigenvalue weighted by molar-refractivity contribution is 0.137. The molecule has 1 aromatic rings. The van der Waals surface area contributed by atoms with Crippen LogP contribution in [0.25, 0.3) is 0 Å². The van der Waals surface area contributed by atoms with Crippen LogP contribution in [0.4, 0.5) is 4.79 Å². The molecule has 0 saturated carbocycles. The lowest BCUT2D eigenvalue weighted by Gasteiger charge is -2.14. The van der Waals surface area contributed by atoms with E-state index >= 15 is 0 Å². The molecule has 4 nitrogen and oxygen atoms in total. The molecular formula is C14H21ClN2O2. The van der Waals surface area contributed by atoms with Gasteiger partial charge in [0, 0.05) is 6.54 Å². The molecule has 0 aromatic heterocycles. The highest BCUT2D eigenvalue weighted by Gasteiger charge is 2.23. The Morgan fingerprint density at radius 1 is 1.37 bits per heavy atom. The predicted octanol–water partition coefficient (Wildman–Crippen LogP) is 2.19. The second-order valence-corrected chi connectivity index (χ2v) is 4.84. The standard InChI is InChI=1S/C14H20N2O2.ClH/c1-11-7-15-8-13(11)9-16-14(17)18-10-12-5-3-2-4-6-12;/h2-6,11,13,15H,7-10H2,1H3,(H,16,17);1H/t11-,13-;/m1./s1. The Balaban J connectivity index is 0.00000180. The van der Waals surface area contributed by atoms with E-state index < -0.39 is 0 Å². The number of nitrogens with one attached hydrogen (secondary N) is 2. The summed E-state index contributed by atoms with van der Waals surface area (Å²) in [5.74, 6) is 1.12. The molecule has 2 N–H and O–H groups in total. The molecule has 5 heteroatoms. The van der Waals surface area contributed by atoms with Crippen LogP contribution < -0.4 is 10.6 Å². The van der Waals surface area contributed by atoms with Crippen molar-refractivity contribution in [2.45, 2.75) is 13.5 Å². The number of ether oxygens (including phenoxy) is 1. The Morgan fingerprint density at radius 2 is 2.11 bits per heavy atom. The highest BCUT2D eigenvalue weighted by molar-refractivity contribution is 5.85. The summed E-state index contributed by atoms with van der Waals surface area (Å²) in [5.41, 5.74) is 1.00. The largest absolute Gasteiger partial charge is 0.445 e. The monoisotopic (exact) mass is 284 g/mol. The quantitative estimate of drug-likeness (QED) is 0.891. The molecule has 106 valence electrons.